The smallest absolute Gasteiger partial charge is 0.191 e. The average Bonchev–Trinajstić information content (AvgIpc) is 3.33. The van der Waals surface area contributed by atoms with E-state index in [-0.39, 0.29) is 24.0 Å². The molecule has 1 aliphatic carbocycles. The highest BCUT2D eigenvalue weighted by atomic mass is 127. The highest BCUT2D eigenvalue weighted by molar-refractivity contribution is 14.0. The first-order valence-corrected chi connectivity index (χ1v) is 11.2. The number of hydrogen-bond acceptors (Lipinski definition) is 5. The Morgan fingerprint density at radius 3 is 2.60 bits per heavy atom. The van der Waals surface area contributed by atoms with Crippen LogP contribution in [0.25, 0.3) is 0 Å². The number of halogens is 1. The maximum absolute atomic E-state index is 6.13. The molecule has 0 saturated heterocycles. The number of nitrogens with zero attached hydrogens (tertiary/aromatic N) is 2. The van der Waals surface area contributed by atoms with Crippen molar-refractivity contribution in [3.63, 3.8) is 0 Å². The van der Waals surface area contributed by atoms with Gasteiger partial charge in [-0.25, -0.2) is 9.98 Å². The topological polar surface area (TPSA) is 67.8 Å². The monoisotopic (exact) mass is 544 g/mol. The van der Waals surface area contributed by atoms with Gasteiger partial charge in [0.05, 0.1) is 37.0 Å². The number of guanidine groups is 1. The highest BCUT2D eigenvalue weighted by Gasteiger charge is 2.18. The minimum absolute atomic E-state index is 0. The van der Waals surface area contributed by atoms with E-state index in [1.54, 1.807) is 18.4 Å². The van der Waals surface area contributed by atoms with Gasteiger partial charge in [0.2, 0.25) is 0 Å². The molecule has 1 aliphatic rings. The molecule has 0 spiro atoms. The number of nitrogens with one attached hydrogen (secondary N) is 2. The third kappa shape index (κ3) is 7.01. The zero-order chi connectivity index (χ0) is 20.6. The average molecular weight is 545 g/mol. The van der Waals surface area contributed by atoms with Crippen LogP contribution in [0.2, 0.25) is 0 Å². The van der Waals surface area contributed by atoms with Gasteiger partial charge in [0.15, 0.2) is 17.5 Å². The normalized spacial score (nSPS) is 14.3. The Morgan fingerprint density at radius 1 is 1.20 bits per heavy atom. The highest BCUT2D eigenvalue weighted by Crippen LogP contribution is 2.32. The van der Waals surface area contributed by atoms with Crippen molar-refractivity contribution in [1.82, 2.24) is 15.6 Å². The minimum atomic E-state index is 0. The van der Waals surface area contributed by atoms with Crippen LogP contribution in [0.5, 0.6) is 11.5 Å². The molecule has 1 fully saturated rings. The molecule has 0 bridgehead atoms. The summed E-state index contributed by atoms with van der Waals surface area (Å²) in [4.78, 5) is 10.4. The van der Waals surface area contributed by atoms with Crippen LogP contribution in [0.1, 0.15) is 53.7 Å². The van der Waals surface area contributed by atoms with Gasteiger partial charge in [-0.3, -0.25) is 0 Å². The van der Waals surface area contributed by atoms with Crippen molar-refractivity contribution in [2.45, 2.75) is 65.6 Å². The summed E-state index contributed by atoms with van der Waals surface area (Å²) in [5, 5.41) is 7.80. The zero-order valence-corrected chi connectivity index (χ0v) is 21.4. The Bertz CT molecular complexity index is 835. The van der Waals surface area contributed by atoms with Crippen LogP contribution in [0.3, 0.4) is 0 Å². The van der Waals surface area contributed by atoms with Crippen LogP contribution in [-0.4, -0.2) is 30.7 Å². The quantitative estimate of drug-likeness (QED) is 0.279. The molecule has 8 heteroatoms. The fourth-order valence-corrected chi connectivity index (χ4v) is 4.38. The Balaban J connectivity index is 0.00000320. The lowest BCUT2D eigenvalue weighted by molar-refractivity contribution is 0.200. The van der Waals surface area contributed by atoms with Gasteiger partial charge in [-0.05, 0) is 64.2 Å². The van der Waals surface area contributed by atoms with E-state index in [1.165, 1.54) is 17.7 Å². The van der Waals surface area contributed by atoms with Crippen LogP contribution >= 0.6 is 35.3 Å². The van der Waals surface area contributed by atoms with Gasteiger partial charge in [0.25, 0.3) is 0 Å². The van der Waals surface area contributed by atoms with Crippen LogP contribution in [-0.2, 0) is 13.1 Å². The Hall–Kier alpha value is -1.55. The molecule has 1 aromatic heterocycles. The van der Waals surface area contributed by atoms with Crippen molar-refractivity contribution in [2.75, 3.05) is 13.7 Å². The van der Waals surface area contributed by atoms with Gasteiger partial charge in [-0.1, -0.05) is 6.07 Å². The van der Waals surface area contributed by atoms with E-state index in [0.717, 1.165) is 59.7 Å². The molecule has 2 aromatic rings. The molecule has 3 rings (SSSR count). The standard InChI is InChI=1S/C22H32N4O2S.HI/c1-5-23-22(25-14-21-15(2)26-16(3)29-21)24-13-17-10-11-19(20(12-17)27-4)28-18-8-6-7-9-18;/h10-12,18H,5-9,13-14H2,1-4H3,(H2,23,24,25);1H. The van der Waals surface area contributed by atoms with Crippen molar-refractivity contribution < 1.29 is 9.47 Å². The summed E-state index contributed by atoms with van der Waals surface area (Å²) in [6.07, 6.45) is 5.08. The molecule has 1 heterocycles. The first kappa shape index (κ1) is 24.7. The van der Waals surface area contributed by atoms with E-state index < -0.39 is 0 Å². The maximum Gasteiger partial charge on any atom is 0.191 e. The summed E-state index contributed by atoms with van der Waals surface area (Å²) in [5.74, 6) is 2.40. The maximum atomic E-state index is 6.13. The fraction of sp³-hybridized carbons (Fsp3) is 0.545. The van der Waals surface area contributed by atoms with Gasteiger partial charge in [0, 0.05) is 11.4 Å². The summed E-state index contributed by atoms with van der Waals surface area (Å²) >= 11 is 1.72. The lowest BCUT2D eigenvalue weighted by Crippen LogP contribution is -2.36. The largest absolute Gasteiger partial charge is 0.493 e. The van der Waals surface area contributed by atoms with E-state index in [0.29, 0.717) is 12.6 Å². The van der Waals surface area contributed by atoms with Crippen molar-refractivity contribution in [2.24, 2.45) is 4.99 Å². The van der Waals surface area contributed by atoms with E-state index in [2.05, 4.69) is 28.6 Å². The minimum Gasteiger partial charge on any atom is -0.493 e. The van der Waals surface area contributed by atoms with Crippen LogP contribution in [0.15, 0.2) is 23.2 Å². The van der Waals surface area contributed by atoms with Gasteiger partial charge in [0.1, 0.15) is 0 Å². The third-order valence-corrected chi connectivity index (χ3v) is 6.08. The second-order valence-electron chi connectivity index (χ2n) is 7.30. The van der Waals surface area contributed by atoms with Crippen molar-refractivity contribution in [3.05, 3.63) is 39.3 Å². The number of aryl methyl sites for hydroxylation is 2. The number of thiazole rings is 1. The number of rotatable bonds is 8. The van der Waals surface area contributed by atoms with Crippen LogP contribution < -0.4 is 20.1 Å². The second-order valence-corrected chi connectivity index (χ2v) is 8.59. The molecular weight excluding hydrogens is 511 g/mol. The molecule has 0 amide bonds. The lowest BCUT2D eigenvalue weighted by Gasteiger charge is -2.16. The van der Waals surface area contributed by atoms with Crippen molar-refractivity contribution in [1.29, 1.82) is 0 Å². The fourth-order valence-electron chi connectivity index (χ4n) is 3.51. The summed E-state index contributed by atoms with van der Waals surface area (Å²) in [5.41, 5.74) is 2.17. The second kappa shape index (κ2) is 12.3. The SMILES string of the molecule is CCNC(=NCc1ccc(OC2CCCC2)c(OC)c1)NCc1sc(C)nc1C.I. The van der Waals surface area contributed by atoms with Gasteiger partial charge < -0.3 is 20.1 Å². The summed E-state index contributed by atoms with van der Waals surface area (Å²) in [6, 6.07) is 6.09. The first-order chi connectivity index (χ1) is 14.1. The first-order valence-electron chi connectivity index (χ1n) is 10.4. The predicted octanol–water partition coefficient (Wildman–Crippen LogP) is 4.96. The van der Waals surface area contributed by atoms with E-state index >= 15 is 0 Å². The number of ether oxygens (including phenoxy) is 2. The van der Waals surface area contributed by atoms with E-state index in [4.69, 9.17) is 14.5 Å². The molecule has 0 aliphatic heterocycles. The van der Waals surface area contributed by atoms with Gasteiger partial charge >= 0.3 is 0 Å². The zero-order valence-electron chi connectivity index (χ0n) is 18.3. The molecule has 0 atom stereocenters. The Kier molecular flexibility index (Phi) is 10.2. The molecule has 0 radical (unpaired) electrons. The summed E-state index contributed by atoms with van der Waals surface area (Å²) < 4.78 is 11.7. The van der Waals surface area contributed by atoms with Gasteiger partial charge in [-0.15, -0.1) is 35.3 Å². The predicted molar refractivity (Wildman–Crippen MR) is 135 cm³/mol. The molecule has 166 valence electrons. The number of methoxy groups -OCH3 is 1. The van der Waals surface area contributed by atoms with Crippen LogP contribution in [0, 0.1) is 13.8 Å². The molecular formula is C22H33IN4O2S. The molecule has 2 N–H and O–H groups in total. The number of aliphatic imine (C=N–C) groups is 1. The van der Waals surface area contributed by atoms with Crippen LogP contribution in [0.4, 0.5) is 0 Å². The lowest BCUT2D eigenvalue weighted by atomic mass is 10.2. The number of aromatic nitrogens is 1. The Labute approximate surface area is 200 Å². The summed E-state index contributed by atoms with van der Waals surface area (Å²) in [6.45, 7) is 8.25. The van der Waals surface area contributed by atoms with Crippen molar-refractivity contribution in [3.8, 4) is 11.5 Å². The molecule has 6 nitrogen and oxygen atoms in total. The third-order valence-electron chi connectivity index (χ3n) is 5.00. The number of benzene rings is 1. The molecule has 1 aromatic carbocycles. The summed E-state index contributed by atoms with van der Waals surface area (Å²) in [7, 11) is 1.69. The molecule has 30 heavy (non-hydrogen) atoms. The number of hydrogen-bond donors (Lipinski definition) is 2. The van der Waals surface area contributed by atoms with E-state index in [1.807, 2.05) is 26.0 Å². The van der Waals surface area contributed by atoms with Gasteiger partial charge in [-0.2, -0.15) is 0 Å². The molecule has 0 unspecified atom stereocenters. The Morgan fingerprint density at radius 2 is 1.97 bits per heavy atom. The van der Waals surface area contributed by atoms with E-state index in [9.17, 15) is 0 Å². The molecule has 1 saturated carbocycles. The van der Waals surface area contributed by atoms with Crippen molar-refractivity contribution >= 4 is 41.3 Å².